The summed E-state index contributed by atoms with van der Waals surface area (Å²) in [6, 6.07) is 12.0. The molecular formula is C19H16F3N3O3S. The van der Waals surface area contributed by atoms with Gasteiger partial charge < -0.3 is 4.90 Å². The first-order valence-electron chi connectivity index (χ1n) is 8.60. The van der Waals surface area contributed by atoms with Gasteiger partial charge in [0.1, 0.15) is 0 Å². The van der Waals surface area contributed by atoms with Crippen LogP contribution in [-0.4, -0.2) is 49.7 Å². The van der Waals surface area contributed by atoms with Gasteiger partial charge in [-0.2, -0.15) is 22.7 Å². The number of piperazine rings is 1. The number of nitrogens with zero attached hydrogens (tertiary/aromatic N) is 3. The van der Waals surface area contributed by atoms with Crippen LogP contribution in [-0.2, 0) is 16.2 Å². The van der Waals surface area contributed by atoms with Crippen LogP contribution in [0.1, 0.15) is 21.5 Å². The maximum Gasteiger partial charge on any atom is 0.417 e. The molecule has 0 radical (unpaired) electrons. The number of hydrogen-bond acceptors (Lipinski definition) is 4. The van der Waals surface area contributed by atoms with Crippen LogP contribution in [0, 0.1) is 11.3 Å². The van der Waals surface area contributed by atoms with Crippen molar-refractivity contribution in [1.82, 2.24) is 9.21 Å². The molecule has 0 aromatic heterocycles. The standard InChI is InChI=1S/C19H16F3N3O3S/c20-19(21,22)16-3-1-2-4-17(16)29(27,28)25-11-9-24(10-12-25)18(26)15-7-5-14(13-23)6-8-15/h1-8H,9-12H2. The fraction of sp³-hybridized carbons (Fsp3) is 0.263. The first-order chi connectivity index (χ1) is 13.6. The van der Waals surface area contributed by atoms with Gasteiger partial charge in [0.05, 0.1) is 22.1 Å². The Hall–Kier alpha value is -2.90. The van der Waals surface area contributed by atoms with E-state index in [0.717, 1.165) is 22.5 Å². The van der Waals surface area contributed by atoms with Gasteiger partial charge in [0.15, 0.2) is 0 Å². The highest BCUT2D eigenvalue weighted by Crippen LogP contribution is 2.35. The van der Waals surface area contributed by atoms with E-state index >= 15 is 0 Å². The molecule has 2 aromatic rings. The van der Waals surface area contributed by atoms with Gasteiger partial charge >= 0.3 is 6.18 Å². The molecule has 152 valence electrons. The maximum absolute atomic E-state index is 13.2. The van der Waals surface area contributed by atoms with E-state index in [1.807, 2.05) is 6.07 Å². The van der Waals surface area contributed by atoms with Crippen molar-refractivity contribution in [3.8, 4) is 6.07 Å². The van der Waals surface area contributed by atoms with Crippen LogP contribution in [0.3, 0.4) is 0 Å². The van der Waals surface area contributed by atoms with E-state index in [0.29, 0.717) is 11.1 Å². The third kappa shape index (κ3) is 4.26. The lowest BCUT2D eigenvalue weighted by atomic mass is 10.1. The molecule has 0 N–H and O–H groups in total. The molecule has 0 unspecified atom stereocenters. The molecule has 3 rings (SSSR count). The van der Waals surface area contributed by atoms with Crippen molar-refractivity contribution in [2.24, 2.45) is 0 Å². The summed E-state index contributed by atoms with van der Waals surface area (Å²) in [5, 5.41) is 8.81. The molecule has 29 heavy (non-hydrogen) atoms. The molecule has 0 aliphatic carbocycles. The van der Waals surface area contributed by atoms with Crippen molar-refractivity contribution in [3.63, 3.8) is 0 Å². The third-order valence-corrected chi connectivity index (χ3v) is 6.55. The summed E-state index contributed by atoms with van der Waals surface area (Å²) >= 11 is 0. The van der Waals surface area contributed by atoms with Gasteiger partial charge in [0.25, 0.3) is 5.91 Å². The number of nitriles is 1. The molecule has 1 heterocycles. The average Bonchev–Trinajstić information content (AvgIpc) is 2.73. The van der Waals surface area contributed by atoms with Crippen LogP contribution in [0.2, 0.25) is 0 Å². The predicted octanol–water partition coefficient (Wildman–Crippen LogP) is 2.72. The average molecular weight is 423 g/mol. The molecule has 10 heteroatoms. The molecular weight excluding hydrogens is 407 g/mol. The van der Waals surface area contributed by atoms with Crippen LogP contribution in [0.15, 0.2) is 53.4 Å². The van der Waals surface area contributed by atoms with E-state index < -0.39 is 26.7 Å². The molecule has 1 aliphatic rings. The van der Waals surface area contributed by atoms with E-state index in [2.05, 4.69) is 0 Å². The van der Waals surface area contributed by atoms with Gasteiger partial charge in [-0.1, -0.05) is 12.1 Å². The molecule has 1 amide bonds. The van der Waals surface area contributed by atoms with Gasteiger partial charge in [-0.3, -0.25) is 4.79 Å². The van der Waals surface area contributed by atoms with Crippen molar-refractivity contribution in [2.45, 2.75) is 11.1 Å². The molecule has 1 fully saturated rings. The number of sulfonamides is 1. The lowest BCUT2D eigenvalue weighted by Gasteiger charge is -2.34. The van der Waals surface area contributed by atoms with Crippen LogP contribution in [0.5, 0.6) is 0 Å². The third-order valence-electron chi connectivity index (χ3n) is 4.60. The second-order valence-corrected chi connectivity index (χ2v) is 8.29. The van der Waals surface area contributed by atoms with Crippen LogP contribution in [0.4, 0.5) is 13.2 Å². The Balaban J connectivity index is 1.75. The predicted molar refractivity (Wildman–Crippen MR) is 97.3 cm³/mol. The van der Waals surface area contributed by atoms with Gasteiger partial charge in [0.2, 0.25) is 10.0 Å². The highest BCUT2D eigenvalue weighted by molar-refractivity contribution is 7.89. The van der Waals surface area contributed by atoms with Crippen molar-refractivity contribution < 1.29 is 26.4 Å². The van der Waals surface area contributed by atoms with Gasteiger partial charge in [0, 0.05) is 31.7 Å². The van der Waals surface area contributed by atoms with Gasteiger partial charge in [-0.15, -0.1) is 0 Å². The number of halogens is 3. The normalized spacial score (nSPS) is 15.7. The zero-order valence-electron chi connectivity index (χ0n) is 15.1. The number of rotatable bonds is 3. The molecule has 0 saturated carbocycles. The quantitative estimate of drug-likeness (QED) is 0.760. The molecule has 0 bridgehead atoms. The first kappa shape index (κ1) is 20.8. The molecule has 1 aliphatic heterocycles. The summed E-state index contributed by atoms with van der Waals surface area (Å²) in [4.78, 5) is 13.2. The van der Waals surface area contributed by atoms with E-state index in [1.54, 1.807) is 0 Å². The Morgan fingerprint density at radius 2 is 1.55 bits per heavy atom. The van der Waals surface area contributed by atoms with E-state index in [-0.39, 0.29) is 32.1 Å². The number of benzene rings is 2. The highest BCUT2D eigenvalue weighted by atomic mass is 32.2. The Morgan fingerprint density at radius 1 is 0.966 bits per heavy atom. The number of hydrogen-bond donors (Lipinski definition) is 0. The molecule has 1 saturated heterocycles. The Morgan fingerprint density at radius 3 is 2.10 bits per heavy atom. The smallest absolute Gasteiger partial charge is 0.336 e. The van der Waals surface area contributed by atoms with Crippen LogP contribution < -0.4 is 0 Å². The number of carbonyl (C=O) groups is 1. The van der Waals surface area contributed by atoms with Crippen molar-refractivity contribution in [1.29, 1.82) is 5.26 Å². The summed E-state index contributed by atoms with van der Waals surface area (Å²) in [5.41, 5.74) is -0.459. The largest absolute Gasteiger partial charge is 0.417 e. The summed E-state index contributed by atoms with van der Waals surface area (Å²) in [6.45, 7) is -0.133. The first-order valence-corrected chi connectivity index (χ1v) is 10.0. The van der Waals surface area contributed by atoms with Gasteiger partial charge in [-0.05, 0) is 36.4 Å². The Bertz CT molecular complexity index is 1050. The van der Waals surface area contributed by atoms with Crippen molar-refractivity contribution in [3.05, 3.63) is 65.2 Å². The topological polar surface area (TPSA) is 81.5 Å². The van der Waals surface area contributed by atoms with E-state index in [1.165, 1.54) is 35.2 Å². The Labute approximate surface area is 165 Å². The monoisotopic (exact) mass is 423 g/mol. The SMILES string of the molecule is N#Cc1ccc(C(=O)N2CCN(S(=O)(=O)c3ccccc3C(F)(F)F)CC2)cc1. The molecule has 0 atom stereocenters. The van der Waals surface area contributed by atoms with E-state index in [4.69, 9.17) is 5.26 Å². The summed E-state index contributed by atoms with van der Waals surface area (Å²) in [7, 11) is -4.36. The zero-order valence-corrected chi connectivity index (χ0v) is 15.9. The molecule has 6 nitrogen and oxygen atoms in total. The fourth-order valence-corrected chi connectivity index (χ4v) is 4.70. The number of carbonyl (C=O) groups excluding carboxylic acids is 1. The van der Waals surface area contributed by atoms with Crippen LogP contribution in [0.25, 0.3) is 0 Å². The summed E-state index contributed by atoms with van der Waals surface area (Å²) in [6.07, 6.45) is -4.79. The summed E-state index contributed by atoms with van der Waals surface area (Å²) in [5.74, 6) is -0.331. The molecule has 2 aromatic carbocycles. The van der Waals surface area contributed by atoms with Gasteiger partial charge in [-0.25, -0.2) is 8.42 Å². The second kappa shape index (κ2) is 7.85. The summed E-state index contributed by atoms with van der Waals surface area (Å²) < 4.78 is 66.1. The number of amides is 1. The minimum Gasteiger partial charge on any atom is -0.336 e. The maximum atomic E-state index is 13.2. The lowest BCUT2D eigenvalue weighted by molar-refractivity contribution is -0.139. The van der Waals surface area contributed by atoms with E-state index in [9.17, 15) is 26.4 Å². The Kier molecular flexibility index (Phi) is 5.64. The number of alkyl halides is 3. The zero-order chi connectivity index (χ0) is 21.2. The second-order valence-electron chi connectivity index (χ2n) is 6.38. The fourth-order valence-electron chi connectivity index (χ4n) is 3.07. The lowest BCUT2D eigenvalue weighted by Crippen LogP contribution is -2.50. The minimum atomic E-state index is -4.79. The highest BCUT2D eigenvalue weighted by Gasteiger charge is 2.39. The van der Waals surface area contributed by atoms with Crippen molar-refractivity contribution >= 4 is 15.9 Å². The van der Waals surface area contributed by atoms with Crippen molar-refractivity contribution in [2.75, 3.05) is 26.2 Å². The van der Waals surface area contributed by atoms with Crippen LogP contribution >= 0.6 is 0 Å². The molecule has 0 spiro atoms. The minimum absolute atomic E-state index is 0.0479.